The van der Waals surface area contributed by atoms with Crippen LogP contribution in [0.5, 0.6) is 0 Å². The Bertz CT molecular complexity index is 787. The lowest BCUT2D eigenvalue weighted by Gasteiger charge is -2.18. The number of nitrogens with zero attached hydrogens (tertiary/aromatic N) is 2. The smallest absolute Gasteiger partial charge is 0.319 e. The van der Waals surface area contributed by atoms with Gasteiger partial charge in [-0.1, -0.05) is 0 Å². The molecule has 0 spiro atoms. The minimum atomic E-state index is -0.523. The van der Waals surface area contributed by atoms with E-state index in [0.717, 1.165) is 11.3 Å². The van der Waals surface area contributed by atoms with Gasteiger partial charge >= 0.3 is 6.03 Å². The summed E-state index contributed by atoms with van der Waals surface area (Å²) >= 11 is 0. The number of hydrogen-bond acceptors (Lipinski definition) is 3. The van der Waals surface area contributed by atoms with Crippen molar-refractivity contribution in [2.75, 3.05) is 17.2 Å². The van der Waals surface area contributed by atoms with Gasteiger partial charge in [-0.2, -0.15) is 5.10 Å². The number of urea groups is 1. The quantitative estimate of drug-likeness (QED) is 0.798. The van der Waals surface area contributed by atoms with E-state index in [9.17, 15) is 14.0 Å². The van der Waals surface area contributed by atoms with Crippen LogP contribution in [0.15, 0.2) is 24.4 Å². The van der Waals surface area contributed by atoms with Crippen LogP contribution in [0, 0.1) is 5.82 Å². The number of benzene rings is 1. The molecule has 0 saturated heterocycles. The van der Waals surface area contributed by atoms with Gasteiger partial charge in [-0.25, -0.2) is 9.18 Å². The molecule has 2 aromatic rings. The van der Waals surface area contributed by atoms with Crippen molar-refractivity contribution in [3.8, 4) is 0 Å². The zero-order chi connectivity index (χ0) is 17.1. The van der Waals surface area contributed by atoms with Gasteiger partial charge < -0.3 is 16.0 Å². The predicted octanol–water partition coefficient (Wildman–Crippen LogP) is 1.81. The van der Waals surface area contributed by atoms with E-state index in [1.54, 1.807) is 4.68 Å². The Morgan fingerprint density at radius 1 is 1.42 bits per heavy atom. The Morgan fingerprint density at radius 2 is 2.25 bits per heavy atom. The van der Waals surface area contributed by atoms with Crippen LogP contribution in [0.25, 0.3) is 0 Å². The third-order valence-corrected chi connectivity index (χ3v) is 3.77. The van der Waals surface area contributed by atoms with Crippen molar-refractivity contribution >= 4 is 23.3 Å². The normalized spacial score (nSPS) is 13.2. The second kappa shape index (κ2) is 6.69. The van der Waals surface area contributed by atoms with E-state index in [0.29, 0.717) is 31.5 Å². The van der Waals surface area contributed by atoms with Crippen molar-refractivity contribution in [1.29, 1.82) is 0 Å². The van der Waals surface area contributed by atoms with Gasteiger partial charge in [0.2, 0.25) is 5.91 Å². The van der Waals surface area contributed by atoms with Gasteiger partial charge in [-0.15, -0.1) is 0 Å². The third kappa shape index (κ3) is 3.70. The molecule has 0 unspecified atom stereocenters. The van der Waals surface area contributed by atoms with Gasteiger partial charge in [0.1, 0.15) is 5.82 Å². The number of nitrogens with one attached hydrogen (secondary N) is 3. The van der Waals surface area contributed by atoms with Gasteiger partial charge in [-0.3, -0.25) is 9.48 Å². The highest BCUT2D eigenvalue weighted by Gasteiger charge is 2.18. The highest BCUT2D eigenvalue weighted by atomic mass is 19.1. The lowest BCUT2D eigenvalue weighted by molar-refractivity contribution is -0.116. The minimum Gasteiger partial charge on any atom is -0.337 e. The molecular formula is C16H18FN5O2. The Morgan fingerprint density at radius 3 is 3.00 bits per heavy atom. The predicted molar refractivity (Wildman–Crippen MR) is 87.3 cm³/mol. The first-order valence-electron chi connectivity index (χ1n) is 7.67. The van der Waals surface area contributed by atoms with Crippen LogP contribution in [0.2, 0.25) is 0 Å². The lowest BCUT2D eigenvalue weighted by Crippen LogP contribution is -2.31. The zero-order valence-corrected chi connectivity index (χ0v) is 13.2. The summed E-state index contributed by atoms with van der Waals surface area (Å²) < 4.78 is 15.7. The summed E-state index contributed by atoms with van der Waals surface area (Å²) in [6.07, 6.45) is 3.24. The van der Waals surface area contributed by atoms with E-state index < -0.39 is 11.8 Å². The molecule has 0 fully saturated rings. The Kier molecular flexibility index (Phi) is 4.45. The maximum absolute atomic E-state index is 14.1. The number of fused-ring (bicyclic) bond motifs is 1. The summed E-state index contributed by atoms with van der Waals surface area (Å²) in [5.74, 6) is -0.635. The molecule has 24 heavy (non-hydrogen) atoms. The summed E-state index contributed by atoms with van der Waals surface area (Å²) in [4.78, 5) is 23.3. The van der Waals surface area contributed by atoms with Crippen LogP contribution in [0.1, 0.15) is 17.7 Å². The SMILES string of the molecule is Cn1ccc(CCNC(=O)Nc2cc3c(cc2F)CCC(=O)N3)n1. The molecule has 126 valence electrons. The average molecular weight is 331 g/mol. The molecule has 1 aromatic heterocycles. The van der Waals surface area contributed by atoms with E-state index in [2.05, 4.69) is 21.0 Å². The number of carbonyl (C=O) groups is 2. The van der Waals surface area contributed by atoms with Crippen molar-refractivity contribution in [3.63, 3.8) is 0 Å². The molecule has 2 heterocycles. The first-order chi connectivity index (χ1) is 11.5. The first kappa shape index (κ1) is 16.0. The molecule has 7 nitrogen and oxygen atoms in total. The fourth-order valence-corrected chi connectivity index (χ4v) is 2.56. The van der Waals surface area contributed by atoms with Gasteiger partial charge in [0, 0.05) is 38.3 Å². The maximum Gasteiger partial charge on any atom is 0.319 e. The van der Waals surface area contributed by atoms with E-state index in [-0.39, 0.29) is 11.6 Å². The summed E-state index contributed by atoms with van der Waals surface area (Å²) in [6.45, 7) is 0.381. The summed E-state index contributed by atoms with van der Waals surface area (Å²) in [6, 6.07) is 4.15. The molecule has 3 rings (SSSR count). The topological polar surface area (TPSA) is 88.0 Å². The Labute approximate surface area is 138 Å². The van der Waals surface area contributed by atoms with Gasteiger partial charge in [-0.05, 0) is 30.2 Å². The zero-order valence-electron chi connectivity index (χ0n) is 13.2. The fraction of sp³-hybridized carbons (Fsp3) is 0.312. The molecule has 0 atom stereocenters. The van der Waals surface area contributed by atoms with Crippen LogP contribution >= 0.6 is 0 Å². The summed E-state index contributed by atoms with van der Waals surface area (Å²) in [5.41, 5.74) is 2.16. The number of aryl methyl sites for hydroxylation is 2. The molecule has 8 heteroatoms. The monoisotopic (exact) mass is 331 g/mol. The maximum atomic E-state index is 14.1. The van der Waals surface area contributed by atoms with Crippen molar-refractivity contribution < 1.29 is 14.0 Å². The molecule has 3 amide bonds. The molecule has 1 aromatic carbocycles. The third-order valence-electron chi connectivity index (χ3n) is 3.77. The molecule has 0 bridgehead atoms. The number of aromatic nitrogens is 2. The summed E-state index contributed by atoms with van der Waals surface area (Å²) in [7, 11) is 1.82. The number of hydrogen-bond donors (Lipinski definition) is 3. The van der Waals surface area contributed by atoms with E-state index in [1.165, 1.54) is 12.1 Å². The molecule has 0 saturated carbocycles. The molecule has 1 aliphatic rings. The molecule has 0 radical (unpaired) electrons. The fourth-order valence-electron chi connectivity index (χ4n) is 2.56. The largest absolute Gasteiger partial charge is 0.337 e. The average Bonchev–Trinajstić information content (AvgIpc) is 2.94. The molecule has 3 N–H and O–H groups in total. The standard InChI is InChI=1S/C16H18FN5O2/c1-22-7-5-11(21-22)4-6-18-16(24)20-14-9-13-10(8-12(14)17)2-3-15(23)19-13/h5,7-9H,2-4,6H2,1H3,(H,19,23)(H2,18,20,24). The van der Waals surface area contributed by atoms with Crippen molar-refractivity contribution in [3.05, 3.63) is 41.5 Å². The van der Waals surface area contributed by atoms with Crippen LogP contribution in [-0.2, 0) is 24.7 Å². The number of carbonyl (C=O) groups excluding carboxylic acids is 2. The summed E-state index contributed by atoms with van der Waals surface area (Å²) in [5, 5.41) is 12.0. The Hall–Kier alpha value is -2.90. The van der Waals surface area contributed by atoms with Crippen LogP contribution in [-0.4, -0.2) is 28.3 Å². The van der Waals surface area contributed by atoms with Crippen LogP contribution in [0.4, 0.5) is 20.6 Å². The highest BCUT2D eigenvalue weighted by molar-refractivity contribution is 5.96. The number of halogens is 1. The van der Waals surface area contributed by atoms with Crippen molar-refractivity contribution in [2.45, 2.75) is 19.3 Å². The van der Waals surface area contributed by atoms with Gasteiger partial charge in [0.15, 0.2) is 0 Å². The number of rotatable bonds is 4. The van der Waals surface area contributed by atoms with E-state index in [4.69, 9.17) is 0 Å². The van der Waals surface area contributed by atoms with E-state index in [1.807, 2.05) is 19.3 Å². The number of amides is 3. The van der Waals surface area contributed by atoms with Crippen LogP contribution in [0.3, 0.4) is 0 Å². The van der Waals surface area contributed by atoms with Gasteiger partial charge in [0.25, 0.3) is 0 Å². The molecule has 0 aliphatic carbocycles. The number of anilines is 2. The minimum absolute atomic E-state index is 0.0336. The second-order valence-corrected chi connectivity index (χ2v) is 5.65. The molecular weight excluding hydrogens is 313 g/mol. The lowest BCUT2D eigenvalue weighted by atomic mass is 10.0. The van der Waals surface area contributed by atoms with Crippen molar-refractivity contribution in [1.82, 2.24) is 15.1 Å². The van der Waals surface area contributed by atoms with Crippen molar-refractivity contribution in [2.24, 2.45) is 7.05 Å². The first-order valence-corrected chi connectivity index (χ1v) is 7.67. The van der Waals surface area contributed by atoms with Crippen LogP contribution < -0.4 is 16.0 Å². The molecule has 1 aliphatic heterocycles. The Balaban J connectivity index is 1.57. The highest BCUT2D eigenvalue weighted by Crippen LogP contribution is 2.28. The van der Waals surface area contributed by atoms with Gasteiger partial charge in [0.05, 0.1) is 11.4 Å². The second-order valence-electron chi connectivity index (χ2n) is 5.65. The van der Waals surface area contributed by atoms with E-state index >= 15 is 0 Å².